The first-order valence-corrected chi connectivity index (χ1v) is 14.7. The van der Waals surface area contributed by atoms with Gasteiger partial charge in [0.05, 0.1) is 17.0 Å². The first-order chi connectivity index (χ1) is 18.4. The summed E-state index contributed by atoms with van der Waals surface area (Å²) in [5.41, 5.74) is 7.87. The monoisotopic (exact) mass is 551 g/mol. The molecule has 3 N–H and O–H groups in total. The van der Waals surface area contributed by atoms with Gasteiger partial charge in [0.1, 0.15) is 17.5 Å². The lowest BCUT2D eigenvalue weighted by atomic mass is 9.97. The van der Waals surface area contributed by atoms with Crippen LogP contribution in [0.15, 0.2) is 47.5 Å². The molecule has 3 aromatic heterocycles. The van der Waals surface area contributed by atoms with E-state index in [1.54, 1.807) is 12.1 Å². The molecule has 0 saturated carbocycles. The van der Waals surface area contributed by atoms with Gasteiger partial charge in [-0.2, -0.15) is 8.42 Å². The number of sulfonamides is 1. The zero-order valence-electron chi connectivity index (χ0n) is 23.4. The standard InChI is InChI=1S/C28H37N7O3S/c1-7-34(8-2)25-19(4)12-14-21(30-25)22-15-13-20(26(31-22)35-17-18(3)16-28(35,5)6)27(36)33-39(37,38)24-11-9-10-23(29)32-24/h9-15,18H,7-8,16-17H2,1-6H3,(H2,29,32)(H,33,36). The van der Waals surface area contributed by atoms with Gasteiger partial charge in [0.25, 0.3) is 15.9 Å². The van der Waals surface area contributed by atoms with Crippen LogP contribution in [0.4, 0.5) is 17.5 Å². The molecule has 0 aliphatic carbocycles. The minimum absolute atomic E-state index is 0.0412. The smallest absolute Gasteiger partial charge is 0.281 e. The van der Waals surface area contributed by atoms with E-state index >= 15 is 0 Å². The normalized spacial score (nSPS) is 16.8. The van der Waals surface area contributed by atoms with Gasteiger partial charge in [0.2, 0.25) is 0 Å². The summed E-state index contributed by atoms with van der Waals surface area (Å²) in [5, 5.41) is -0.329. The molecule has 11 heteroatoms. The summed E-state index contributed by atoms with van der Waals surface area (Å²) in [5.74, 6) is 0.928. The molecule has 208 valence electrons. The van der Waals surface area contributed by atoms with E-state index in [0.717, 1.165) is 30.9 Å². The molecule has 1 unspecified atom stereocenters. The Morgan fingerprint density at radius 2 is 1.74 bits per heavy atom. The highest BCUT2D eigenvalue weighted by Gasteiger charge is 2.39. The molecule has 1 fully saturated rings. The van der Waals surface area contributed by atoms with Crippen LogP contribution >= 0.6 is 0 Å². The Bertz CT molecular complexity index is 1490. The first-order valence-electron chi connectivity index (χ1n) is 13.2. The summed E-state index contributed by atoms with van der Waals surface area (Å²) < 4.78 is 28.1. The Morgan fingerprint density at radius 1 is 1.08 bits per heavy atom. The number of nitrogens with one attached hydrogen (secondary N) is 1. The van der Waals surface area contributed by atoms with Crippen LogP contribution in [-0.4, -0.2) is 54.5 Å². The fourth-order valence-corrected chi connectivity index (χ4v) is 6.19. The molecule has 4 heterocycles. The molecule has 1 aliphatic rings. The molecule has 4 rings (SSSR count). The van der Waals surface area contributed by atoms with E-state index in [1.807, 2.05) is 19.1 Å². The molecular weight excluding hydrogens is 514 g/mol. The number of rotatable bonds is 8. The molecule has 0 aromatic carbocycles. The van der Waals surface area contributed by atoms with Crippen molar-refractivity contribution in [2.45, 2.75) is 58.5 Å². The van der Waals surface area contributed by atoms with Gasteiger partial charge >= 0.3 is 0 Å². The van der Waals surface area contributed by atoms with Crippen LogP contribution in [0.2, 0.25) is 0 Å². The lowest BCUT2D eigenvalue weighted by Crippen LogP contribution is -2.41. The molecule has 0 radical (unpaired) electrons. The summed E-state index contributed by atoms with van der Waals surface area (Å²) >= 11 is 0. The summed E-state index contributed by atoms with van der Waals surface area (Å²) in [4.78, 5) is 31.4. The molecular formula is C28H37N7O3S. The maximum absolute atomic E-state index is 13.5. The second-order valence-corrected chi connectivity index (χ2v) is 12.3. The zero-order chi connectivity index (χ0) is 28.5. The molecule has 3 aromatic rings. The van der Waals surface area contributed by atoms with Crippen molar-refractivity contribution < 1.29 is 13.2 Å². The largest absolute Gasteiger partial charge is 0.384 e. The fraction of sp³-hybridized carbons (Fsp3) is 0.429. The molecule has 1 amide bonds. The van der Waals surface area contributed by atoms with Crippen LogP contribution in [0, 0.1) is 12.8 Å². The number of amides is 1. The van der Waals surface area contributed by atoms with E-state index in [1.165, 1.54) is 18.2 Å². The predicted molar refractivity (Wildman–Crippen MR) is 154 cm³/mol. The van der Waals surface area contributed by atoms with Crippen molar-refractivity contribution in [3.8, 4) is 11.4 Å². The lowest BCUT2D eigenvalue weighted by molar-refractivity contribution is 0.0981. The van der Waals surface area contributed by atoms with Gasteiger partial charge in [-0.3, -0.25) is 4.79 Å². The van der Waals surface area contributed by atoms with Crippen LogP contribution in [0.5, 0.6) is 0 Å². The number of carbonyl (C=O) groups excluding carboxylic acids is 1. The number of nitrogens with zero attached hydrogens (tertiary/aromatic N) is 5. The quantitative estimate of drug-likeness (QED) is 0.426. The van der Waals surface area contributed by atoms with Gasteiger partial charge in [0, 0.05) is 25.2 Å². The second kappa shape index (κ2) is 10.8. The Kier molecular flexibility index (Phi) is 7.83. The predicted octanol–water partition coefficient (Wildman–Crippen LogP) is 4.02. The van der Waals surface area contributed by atoms with Crippen LogP contribution in [0.1, 0.15) is 57.0 Å². The van der Waals surface area contributed by atoms with Crippen molar-refractivity contribution in [2.75, 3.05) is 35.2 Å². The van der Waals surface area contributed by atoms with E-state index in [9.17, 15) is 13.2 Å². The Labute approximate surface area is 230 Å². The maximum atomic E-state index is 13.5. The summed E-state index contributed by atoms with van der Waals surface area (Å²) in [6, 6.07) is 11.5. The van der Waals surface area contributed by atoms with Crippen LogP contribution in [-0.2, 0) is 10.0 Å². The van der Waals surface area contributed by atoms with Gasteiger partial charge in [-0.1, -0.05) is 19.1 Å². The Balaban J connectivity index is 1.79. The SMILES string of the molecule is CCN(CC)c1nc(-c2ccc(C(=O)NS(=O)(=O)c3cccc(N)n3)c(N3CC(C)CC3(C)C)n2)ccc1C. The number of aromatic nitrogens is 3. The molecule has 0 spiro atoms. The van der Waals surface area contributed by atoms with Crippen molar-refractivity contribution in [2.24, 2.45) is 5.92 Å². The van der Waals surface area contributed by atoms with Gasteiger partial charge in [-0.25, -0.2) is 19.7 Å². The molecule has 1 aliphatic heterocycles. The number of nitrogens with two attached hydrogens (primary N) is 1. The first kappa shape index (κ1) is 28.3. The topological polar surface area (TPSA) is 134 Å². The second-order valence-electron chi connectivity index (χ2n) is 10.6. The zero-order valence-corrected chi connectivity index (χ0v) is 24.2. The fourth-order valence-electron chi connectivity index (χ4n) is 5.25. The van der Waals surface area contributed by atoms with Gasteiger partial charge in [-0.15, -0.1) is 0 Å². The molecule has 39 heavy (non-hydrogen) atoms. The average Bonchev–Trinajstić information content (AvgIpc) is 3.16. The Hall–Kier alpha value is -3.73. The maximum Gasteiger partial charge on any atom is 0.281 e. The molecule has 10 nitrogen and oxygen atoms in total. The number of anilines is 3. The summed E-state index contributed by atoms with van der Waals surface area (Å²) in [6.07, 6.45) is 0.903. The van der Waals surface area contributed by atoms with Crippen LogP contribution < -0.4 is 20.3 Å². The van der Waals surface area contributed by atoms with Crippen LogP contribution in [0.3, 0.4) is 0 Å². The highest BCUT2D eigenvalue weighted by molar-refractivity contribution is 7.90. The van der Waals surface area contributed by atoms with E-state index in [4.69, 9.17) is 15.7 Å². The van der Waals surface area contributed by atoms with Crippen molar-refractivity contribution in [1.82, 2.24) is 19.7 Å². The summed E-state index contributed by atoms with van der Waals surface area (Å²) in [7, 11) is -4.25. The van der Waals surface area contributed by atoms with E-state index in [2.05, 4.69) is 54.1 Å². The highest BCUT2D eigenvalue weighted by Crippen LogP contribution is 2.38. The van der Waals surface area contributed by atoms with Gasteiger partial charge in [-0.05, 0) is 82.9 Å². The van der Waals surface area contributed by atoms with Crippen molar-refractivity contribution >= 4 is 33.4 Å². The number of hydrogen-bond acceptors (Lipinski definition) is 9. The van der Waals surface area contributed by atoms with E-state index in [0.29, 0.717) is 29.7 Å². The third kappa shape index (κ3) is 5.83. The number of aryl methyl sites for hydroxylation is 1. The van der Waals surface area contributed by atoms with Crippen molar-refractivity contribution in [3.63, 3.8) is 0 Å². The third-order valence-corrected chi connectivity index (χ3v) is 8.32. The summed E-state index contributed by atoms with van der Waals surface area (Å²) in [6.45, 7) is 14.9. The lowest BCUT2D eigenvalue weighted by Gasteiger charge is -2.34. The minimum atomic E-state index is -4.25. The third-order valence-electron chi connectivity index (χ3n) is 7.09. The van der Waals surface area contributed by atoms with Crippen molar-refractivity contribution in [1.29, 1.82) is 0 Å². The number of pyridine rings is 3. The van der Waals surface area contributed by atoms with E-state index in [-0.39, 0.29) is 21.9 Å². The van der Waals surface area contributed by atoms with Gasteiger partial charge in [0.15, 0.2) is 5.03 Å². The Morgan fingerprint density at radius 3 is 2.36 bits per heavy atom. The number of nitrogen functional groups attached to an aromatic ring is 1. The molecule has 1 atom stereocenters. The number of hydrogen-bond donors (Lipinski definition) is 2. The van der Waals surface area contributed by atoms with Crippen molar-refractivity contribution in [3.05, 3.63) is 53.6 Å². The van der Waals surface area contributed by atoms with Gasteiger partial charge < -0.3 is 15.5 Å². The molecule has 1 saturated heterocycles. The molecule has 0 bridgehead atoms. The van der Waals surface area contributed by atoms with E-state index < -0.39 is 15.9 Å². The highest BCUT2D eigenvalue weighted by atomic mass is 32.2. The minimum Gasteiger partial charge on any atom is -0.384 e. The number of carbonyl (C=O) groups is 1. The average molecular weight is 552 g/mol. The van der Waals surface area contributed by atoms with Crippen LogP contribution in [0.25, 0.3) is 11.4 Å².